The average Bonchev–Trinajstić information content (AvgIpc) is 3.05. The number of nitrogens with zero attached hydrogens (tertiary/aromatic N) is 1. The van der Waals surface area contributed by atoms with Gasteiger partial charge in [0, 0.05) is 17.0 Å². The second-order valence-corrected chi connectivity index (χ2v) is 7.55. The van der Waals surface area contributed by atoms with Gasteiger partial charge in [-0.15, -0.1) is 0 Å². The van der Waals surface area contributed by atoms with Crippen molar-refractivity contribution in [1.82, 2.24) is 3.96 Å². The van der Waals surface area contributed by atoms with Crippen LogP contribution in [0, 0.1) is 0 Å². The van der Waals surface area contributed by atoms with Gasteiger partial charge in [0.25, 0.3) is 5.56 Å². The predicted octanol–water partition coefficient (Wildman–Crippen LogP) is 5.32. The highest BCUT2D eigenvalue weighted by Gasteiger charge is 2.19. The zero-order valence-corrected chi connectivity index (χ0v) is 14.5. The molecule has 2 nitrogen and oxygen atoms in total. The Kier molecular flexibility index (Phi) is 7.56. The van der Waals surface area contributed by atoms with Gasteiger partial charge < -0.3 is 0 Å². The van der Waals surface area contributed by atoms with E-state index in [-0.39, 0.29) is 0 Å². The lowest BCUT2D eigenvalue weighted by Crippen LogP contribution is -2.16. The zero-order valence-electron chi connectivity index (χ0n) is 13.7. The van der Waals surface area contributed by atoms with Gasteiger partial charge >= 0.3 is 0 Å². The number of unbranched alkanes of at least 4 members (excludes halogenated alkanes) is 9. The van der Waals surface area contributed by atoms with E-state index < -0.39 is 0 Å². The number of fused-ring (bicyclic) bond motifs is 1. The summed E-state index contributed by atoms with van der Waals surface area (Å²) in [6.45, 7) is 3.22. The van der Waals surface area contributed by atoms with Crippen LogP contribution in [0.5, 0.6) is 0 Å². The van der Waals surface area contributed by atoms with Gasteiger partial charge in [-0.05, 0) is 25.7 Å². The molecule has 1 heterocycles. The van der Waals surface area contributed by atoms with Crippen LogP contribution in [0.3, 0.4) is 0 Å². The molecule has 1 aliphatic carbocycles. The normalized spacial score (nSPS) is 13.8. The molecule has 0 saturated carbocycles. The van der Waals surface area contributed by atoms with E-state index in [2.05, 4.69) is 6.92 Å². The molecular weight excluding hydrogens is 278 g/mol. The molecule has 1 aliphatic rings. The van der Waals surface area contributed by atoms with Crippen molar-refractivity contribution in [3.05, 3.63) is 20.8 Å². The van der Waals surface area contributed by atoms with Crippen molar-refractivity contribution in [2.24, 2.45) is 0 Å². The third-order valence-electron chi connectivity index (χ3n) is 4.59. The number of hydrogen-bond donors (Lipinski definition) is 0. The summed E-state index contributed by atoms with van der Waals surface area (Å²) in [6.07, 6.45) is 16.9. The second-order valence-electron chi connectivity index (χ2n) is 6.44. The smallest absolute Gasteiger partial charge is 0.264 e. The Labute approximate surface area is 133 Å². The van der Waals surface area contributed by atoms with E-state index in [1.54, 1.807) is 11.5 Å². The Morgan fingerprint density at radius 3 is 2.14 bits per heavy atom. The van der Waals surface area contributed by atoms with Crippen LogP contribution >= 0.6 is 11.5 Å². The molecule has 120 valence electrons. The Morgan fingerprint density at radius 1 is 0.905 bits per heavy atom. The molecular formula is C18H31NOS. The van der Waals surface area contributed by atoms with Gasteiger partial charge in [-0.3, -0.25) is 8.75 Å². The van der Waals surface area contributed by atoms with Crippen molar-refractivity contribution < 1.29 is 0 Å². The molecule has 0 amide bonds. The summed E-state index contributed by atoms with van der Waals surface area (Å²) in [7, 11) is 0. The quantitative estimate of drug-likeness (QED) is 0.507. The van der Waals surface area contributed by atoms with E-state index in [1.807, 2.05) is 3.96 Å². The van der Waals surface area contributed by atoms with Crippen LogP contribution in [-0.4, -0.2) is 3.96 Å². The van der Waals surface area contributed by atoms with E-state index in [1.165, 1.54) is 75.5 Å². The molecule has 0 N–H and O–H groups in total. The number of rotatable bonds is 11. The maximum atomic E-state index is 12.1. The summed E-state index contributed by atoms with van der Waals surface area (Å²) in [6, 6.07) is 0. The minimum absolute atomic E-state index is 0.323. The zero-order chi connectivity index (χ0) is 14.9. The summed E-state index contributed by atoms with van der Waals surface area (Å²) in [4.78, 5) is 13.5. The molecule has 3 heteroatoms. The highest BCUT2D eigenvalue weighted by Crippen LogP contribution is 2.23. The molecule has 0 fully saturated rings. The van der Waals surface area contributed by atoms with Crippen LogP contribution in [-0.2, 0) is 19.4 Å². The molecule has 1 aromatic rings. The Bertz CT molecular complexity index is 460. The fourth-order valence-electron chi connectivity index (χ4n) is 3.26. The molecule has 0 saturated heterocycles. The molecule has 21 heavy (non-hydrogen) atoms. The van der Waals surface area contributed by atoms with E-state index in [0.29, 0.717) is 5.56 Å². The van der Waals surface area contributed by atoms with Gasteiger partial charge in [0.15, 0.2) is 0 Å². The monoisotopic (exact) mass is 309 g/mol. The van der Waals surface area contributed by atoms with E-state index >= 15 is 0 Å². The van der Waals surface area contributed by atoms with Gasteiger partial charge in [0.2, 0.25) is 0 Å². The van der Waals surface area contributed by atoms with Crippen LogP contribution in [0.2, 0.25) is 0 Å². The first kappa shape index (κ1) is 16.8. The highest BCUT2D eigenvalue weighted by atomic mass is 32.1. The molecule has 0 aliphatic heterocycles. The van der Waals surface area contributed by atoms with E-state index in [4.69, 9.17) is 0 Å². The first-order valence-electron chi connectivity index (χ1n) is 9.04. The lowest BCUT2D eigenvalue weighted by molar-refractivity contribution is 0.540. The molecule has 0 bridgehead atoms. The van der Waals surface area contributed by atoms with Crippen LogP contribution in [0.25, 0.3) is 0 Å². The average molecular weight is 310 g/mol. The summed E-state index contributed by atoms with van der Waals surface area (Å²) in [5.41, 5.74) is 1.45. The first-order valence-corrected chi connectivity index (χ1v) is 9.82. The van der Waals surface area contributed by atoms with Gasteiger partial charge in [-0.1, -0.05) is 76.2 Å². The Hall–Kier alpha value is -0.570. The van der Waals surface area contributed by atoms with E-state index in [0.717, 1.165) is 24.9 Å². The van der Waals surface area contributed by atoms with Crippen molar-refractivity contribution in [2.45, 2.75) is 96.9 Å². The summed E-state index contributed by atoms with van der Waals surface area (Å²) < 4.78 is 2.01. The maximum Gasteiger partial charge on any atom is 0.264 e. The molecule has 0 atom stereocenters. The van der Waals surface area contributed by atoms with Crippen LogP contribution in [0.1, 0.15) is 88.0 Å². The minimum Gasteiger partial charge on any atom is -0.268 e. The van der Waals surface area contributed by atoms with Crippen molar-refractivity contribution in [1.29, 1.82) is 0 Å². The van der Waals surface area contributed by atoms with Crippen LogP contribution < -0.4 is 5.56 Å². The van der Waals surface area contributed by atoms with Gasteiger partial charge in [0.05, 0.1) is 0 Å². The molecule has 0 radical (unpaired) electrons. The van der Waals surface area contributed by atoms with Crippen LogP contribution in [0.15, 0.2) is 4.79 Å². The molecule has 1 aromatic heterocycles. The Balaban J connectivity index is 1.50. The Morgan fingerprint density at radius 2 is 1.52 bits per heavy atom. The van der Waals surface area contributed by atoms with Crippen molar-refractivity contribution in [2.75, 3.05) is 0 Å². The van der Waals surface area contributed by atoms with Gasteiger partial charge in [-0.25, -0.2) is 0 Å². The van der Waals surface area contributed by atoms with Crippen molar-refractivity contribution in [3.8, 4) is 0 Å². The number of hydrogen-bond acceptors (Lipinski definition) is 2. The number of aromatic nitrogens is 1. The molecule has 0 spiro atoms. The van der Waals surface area contributed by atoms with Gasteiger partial charge in [0.1, 0.15) is 0 Å². The highest BCUT2D eigenvalue weighted by molar-refractivity contribution is 7.06. The second kappa shape index (κ2) is 9.45. The molecule has 0 aromatic carbocycles. The maximum absolute atomic E-state index is 12.1. The molecule has 2 rings (SSSR count). The third kappa shape index (κ3) is 5.28. The predicted molar refractivity (Wildman–Crippen MR) is 92.4 cm³/mol. The van der Waals surface area contributed by atoms with Gasteiger partial charge in [-0.2, -0.15) is 0 Å². The lowest BCUT2D eigenvalue weighted by atomic mass is 10.1. The SMILES string of the molecule is CCCCCCCCCCCCn1sc2c(c1=O)CCC2. The van der Waals surface area contributed by atoms with Crippen molar-refractivity contribution in [3.63, 3.8) is 0 Å². The summed E-state index contributed by atoms with van der Waals surface area (Å²) >= 11 is 1.73. The van der Waals surface area contributed by atoms with E-state index in [9.17, 15) is 4.79 Å². The largest absolute Gasteiger partial charge is 0.268 e. The van der Waals surface area contributed by atoms with Crippen LogP contribution in [0.4, 0.5) is 0 Å². The fourth-order valence-corrected chi connectivity index (χ4v) is 4.47. The molecule has 0 unspecified atom stereocenters. The van der Waals surface area contributed by atoms with Crippen molar-refractivity contribution >= 4 is 11.5 Å². The minimum atomic E-state index is 0.323. The first-order chi connectivity index (χ1) is 10.3. The lowest BCUT2D eigenvalue weighted by Gasteiger charge is -2.03. The summed E-state index contributed by atoms with van der Waals surface area (Å²) in [5.74, 6) is 0. The standard InChI is InChI=1S/C18H31NOS/c1-2-3-4-5-6-7-8-9-10-11-15-19-18(20)16-13-12-14-17(16)21-19/h2-15H2,1H3. The number of aryl methyl sites for hydroxylation is 2. The summed E-state index contributed by atoms with van der Waals surface area (Å²) in [5, 5.41) is 0. The fraction of sp³-hybridized carbons (Fsp3) is 0.833. The third-order valence-corrected chi connectivity index (χ3v) is 5.83. The topological polar surface area (TPSA) is 22.0 Å².